The summed E-state index contributed by atoms with van der Waals surface area (Å²) in [6.45, 7) is 0. The Kier molecular flexibility index (Phi) is 10.3. The summed E-state index contributed by atoms with van der Waals surface area (Å²) in [6, 6.07) is 68.5. The van der Waals surface area contributed by atoms with Crippen LogP contribution in [0.2, 0.25) is 0 Å². The minimum atomic E-state index is 1.17. The summed E-state index contributed by atoms with van der Waals surface area (Å²) in [5, 5.41) is 0. The molecule has 0 aliphatic rings. The Labute approximate surface area is 296 Å². The average Bonchev–Trinajstić information content (AvgIpc) is 3.20. The molecular formula is C50H38. The van der Waals surface area contributed by atoms with Gasteiger partial charge in [-0.25, -0.2) is 0 Å². The first-order valence-corrected chi connectivity index (χ1v) is 17.1. The highest BCUT2D eigenvalue weighted by atomic mass is 14.1. The van der Waals surface area contributed by atoms with Gasteiger partial charge in [-0.1, -0.05) is 212 Å². The van der Waals surface area contributed by atoms with Crippen molar-refractivity contribution in [2.45, 2.75) is 0 Å². The van der Waals surface area contributed by atoms with Crippen LogP contribution in [-0.4, -0.2) is 0 Å². The summed E-state index contributed by atoms with van der Waals surface area (Å²) in [5.74, 6) is 0. The second-order valence-electron chi connectivity index (χ2n) is 12.3. The predicted molar refractivity (Wildman–Crippen MR) is 217 cm³/mol. The van der Waals surface area contributed by atoms with Gasteiger partial charge in [0.15, 0.2) is 0 Å². The van der Waals surface area contributed by atoms with E-state index in [1.54, 1.807) is 0 Å². The van der Waals surface area contributed by atoms with E-state index in [-0.39, 0.29) is 0 Å². The number of benzene rings is 7. The fraction of sp³-hybridized carbons (Fsp3) is 0. The molecule has 7 aromatic rings. The normalized spacial score (nSPS) is 11.0. The third-order valence-corrected chi connectivity index (χ3v) is 8.68. The van der Waals surface area contributed by atoms with Crippen molar-refractivity contribution in [2.75, 3.05) is 0 Å². The molecule has 238 valence electrons. The lowest BCUT2D eigenvalue weighted by atomic mass is 9.95. The highest BCUT2D eigenvalue weighted by molar-refractivity contribution is 5.92. The van der Waals surface area contributed by atoms with Gasteiger partial charge >= 0.3 is 0 Å². The molecular weight excluding hydrogens is 601 g/mol. The van der Waals surface area contributed by atoms with Crippen molar-refractivity contribution < 1.29 is 0 Å². The summed E-state index contributed by atoms with van der Waals surface area (Å²) in [4.78, 5) is 0. The molecule has 0 radical (unpaired) electrons. The Morgan fingerprint density at radius 1 is 0.240 bits per heavy atom. The van der Waals surface area contributed by atoms with Gasteiger partial charge in [-0.2, -0.15) is 0 Å². The maximum Gasteiger partial charge on any atom is -0.0105 e. The molecule has 0 atom stereocenters. The zero-order valence-corrected chi connectivity index (χ0v) is 27.9. The Bertz CT molecular complexity index is 1990. The zero-order valence-electron chi connectivity index (χ0n) is 27.9. The maximum absolute atomic E-state index is 2.27. The van der Waals surface area contributed by atoms with Gasteiger partial charge in [-0.05, 0) is 85.0 Å². The topological polar surface area (TPSA) is 0 Å². The van der Waals surface area contributed by atoms with E-state index in [0.717, 1.165) is 0 Å². The van der Waals surface area contributed by atoms with Crippen molar-refractivity contribution in [3.05, 3.63) is 250 Å². The fourth-order valence-corrected chi connectivity index (χ4v) is 6.03. The molecule has 0 saturated heterocycles. The maximum atomic E-state index is 2.27. The van der Waals surface area contributed by atoms with Crippen LogP contribution in [0.1, 0.15) is 55.6 Å². The fourth-order valence-electron chi connectivity index (χ4n) is 6.03. The van der Waals surface area contributed by atoms with Gasteiger partial charge in [0.2, 0.25) is 0 Å². The highest BCUT2D eigenvalue weighted by Crippen LogP contribution is 2.28. The molecule has 0 unspecified atom stereocenters. The molecule has 0 saturated carbocycles. The molecule has 0 nitrogen and oxygen atoms in total. The van der Waals surface area contributed by atoms with Gasteiger partial charge in [0.25, 0.3) is 0 Å². The van der Waals surface area contributed by atoms with Crippen LogP contribution < -0.4 is 0 Å². The van der Waals surface area contributed by atoms with E-state index < -0.39 is 0 Å². The summed E-state index contributed by atoms with van der Waals surface area (Å²) in [5.41, 5.74) is 14.3. The molecule has 0 amide bonds. The summed E-state index contributed by atoms with van der Waals surface area (Å²) in [7, 11) is 0. The Morgan fingerprint density at radius 2 is 0.520 bits per heavy atom. The van der Waals surface area contributed by atoms with Gasteiger partial charge < -0.3 is 0 Å². The third-order valence-electron chi connectivity index (χ3n) is 8.68. The quantitative estimate of drug-likeness (QED) is 0.131. The first kappa shape index (κ1) is 32.1. The lowest BCUT2D eigenvalue weighted by molar-refractivity contribution is 1.55. The molecule has 0 heteroatoms. The molecule has 7 rings (SSSR count). The van der Waals surface area contributed by atoms with Crippen molar-refractivity contribution in [1.82, 2.24) is 0 Å². The van der Waals surface area contributed by atoms with E-state index in [0.29, 0.717) is 0 Å². The van der Waals surface area contributed by atoms with Crippen molar-refractivity contribution in [1.29, 1.82) is 0 Å². The highest BCUT2D eigenvalue weighted by Gasteiger charge is 2.06. The van der Waals surface area contributed by atoms with Crippen LogP contribution in [0.3, 0.4) is 0 Å². The van der Waals surface area contributed by atoms with Crippen LogP contribution in [0.25, 0.3) is 47.6 Å². The Morgan fingerprint density at radius 3 is 0.840 bits per heavy atom. The molecule has 0 N–H and O–H groups in total. The summed E-state index contributed by atoms with van der Waals surface area (Å²) < 4.78 is 0. The largest absolute Gasteiger partial charge is 0.0622 e. The van der Waals surface area contributed by atoms with Crippen LogP contribution in [0.5, 0.6) is 0 Å². The van der Waals surface area contributed by atoms with Gasteiger partial charge in [0.1, 0.15) is 0 Å². The minimum Gasteiger partial charge on any atom is -0.0622 e. The van der Waals surface area contributed by atoms with Crippen LogP contribution in [0.15, 0.2) is 194 Å². The van der Waals surface area contributed by atoms with Gasteiger partial charge in [0.05, 0.1) is 0 Å². The number of hydrogen-bond acceptors (Lipinski definition) is 0. The number of hydrogen-bond donors (Lipinski definition) is 0. The standard InChI is InChI=1S/C50H38/c1-5-16-45(17-6-1)49(46-18-7-2-8-19-46)37-43-32-26-39(27-33-43)24-30-41-14-13-15-42(36-41)31-25-40-28-34-44(35-29-40)38-50(47-20-9-3-10-21-47)48-22-11-4-12-23-48/h1-38H/b30-24+,31-25+. The molecule has 0 fully saturated rings. The summed E-state index contributed by atoms with van der Waals surface area (Å²) >= 11 is 0. The van der Waals surface area contributed by atoms with Crippen LogP contribution >= 0.6 is 0 Å². The SMILES string of the molecule is C(=C(c1ccccc1)c1ccccc1)c1ccc(/C=C/c2cccc(/C=C/c3ccc(C=C(c4ccccc4)c4ccccc4)cc3)c2)cc1. The lowest BCUT2D eigenvalue weighted by Crippen LogP contribution is -1.88. The monoisotopic (exact) mass is 638 g/mol. The lowest BCUT2D eigenvalue weighted by Gasteiger charge is -2.09. The van der Waals surface area contributed by atoms with Crippen molar-refractivity contribution >= 4 is 47.6 Å². The first-order valence-electron chi connectivity index (χ1n) is 17.1. The summed E-state index contributed by atoms with van der Waals surface area (Å²) in [6.07, 6.45) is 13.3. The minimum absolute atomic E-state index is 1.17. The molecule has 0 bridgehead atoms. The predicted octanol–water partition coefficient (Wildman–Crippen LogP) is 13.2. The van der Waals surface area contributed by atoms with Crippen LogP contribution in [-0.2, 0) is 0 Å². The smallest absolute Gasteiger partial charge is 0.0105 e. The van der Waals surface area contributed by atoms with E-state index in [4.69, 9.17) is 0 Å². The van der Waals surface area contributed by atoms with E-state index in [1.165, 1.54) is 66.8 Å². The van der Waals surface area contributed by atoms with E-state index in [9.17, 15) is 0 Å². The second kappa shape index (κ2) is 16.1. The van der Waals surface area contributed by atoms with Crippen LogP contribution in [0, 0.1) is 0 Å². The molecule has 7 aromatic carbocycles. The number of rotatable bonds is 10. The van der Waals surface area contributed by atoms with Crippen molar-refractivity contribution in [2.24, 2.45) is 0 Å². The van der Waals surface area contributed by atoms with Crippen LogP contribution in [0.4, 0.5) is 0 Å². The Balaban J connectivity index is 1.03. The molecule has 0 aromatic heterocycles. The van der Waals surface area contributed by atoms with Gasteiger partial charge in [-0.15, -0.1) is 0 Å². The van der Waals surface area contributed by atoms with Gasteiger partial charge in [0, 0.05) is 0 Å². The zero-order chi connectivity index (χ0) is 33.8. The Hall–Kier alpha value is -6.50. The molecule has 0 aliphatic heterocycles. The third kappa shape index (κ3) is 8.50. The van der Waals surface area contributed by atoms with Gasteiger partial charge in [-0.3, -0.25) is 0 Å². The van der Waals surface area contributed by atoms with Crippen molar-refractivity contribution in [3.63, 3.8) is 0 Å². The molecule has 0 heterocycles. The van der Waals surface area contributed by atoms with Crippen molar-refractivity contribution in [3.8, 4) is 0 Å². The van der Waals surface area contributed by atoms with E-state index >= 15 is 0 Å². The van der Waals surface area contributed by atoms with E-state index in [1.807, 2.05) is 0 Å². The average molecular weight is 639 g/mol. The molecule has 50 heavy (non-hydrogen) atoms. The second-order valence-corrected chi connectivity index (χ2v) is 12.3. The first-order chi connectivity index (χ1) is 24.8. The molecule has 0 spiro atoms. The molecule has 0 aliphatic carbocycles. The van der Waals surface area contributed by atoms with E-state index in [2.05, 4.69) is 231 Å².